The van der Waals surface area contributed by atoms with Gasteiger partial charge in [0.25, 0.3) is 5.91 Å². The number of H-pyrrole nitrogens is 1. The van der Waals surface area contributed by atoms with E-state index in [0.717, 1.165) is 48.5 Å². The molecule has 2 N–H and O–H groups in total. The van der Waals surface area contributed by atoms with Gasteiger partial charge in [0, 0.05) is 22.9 Å². The van der Waals surface area contributed by atoms with Crippen molar-refractivity contribution >= 4 is 40.9 Å². The quantitative estimate of drug-likeness (QED) is 0.767. The van der Waals surface area contributed by atoms with E-state index >= 15 is 0 Å². The number of hydrogen-bond donors (Lipinski definition) is 2. The number of nitrogens with one attached hydrogen (secondary N) is 2. The van der Waals surface area contributed by atoms with Crippen LogP contribution >= 0.6 is 35.0 Å². The van der Waals surface area contributed by atoms with Crippen molar-refractivity contribution in [3.05, 3.63) is 21.5 Å². The molecule has 0 atom stereocenters. The number of rotatable bonds is 4. The Morgan fingerprint density at radius 1 is 1.53 bits per heavy atom. The highest BCUT2D eigenvalue weighted by molar-refractivity contribution is 14.1. The molecule has 0 radical (unpaired) electrons. The van der Waals surface area contributed by atoms with Gasteiger partial charge in [0.15, 0.2) is 0 Å². The summed E-state index contributed by atoms with van der Waals surface area (Å²) in [4.78, 5) is 17.2. The van der Waals surface area contributed by atoms with E-state index in [4.69, 9.17) is 0 Å². The first-order chi connectivity index (χ1) is 8.70. The van der Waals surface area contributed by atoms with Crippen LogP contribution in [-0.2, 0) is 0 Å². The molecular formula is C13H21ClIN3O. The molecule has 0 aromatic carbocycles. The van der Waals surface area contributed by atoms with Gasteiger partial charge in [0.1, 0.15) is 5.69 Å². The second kappa shape index (κ2) is 8.11. The summed E-state index contributed by atoms with van der Waals surface area (Å²) in [6, 6.07) is 1.91. The molecule has 1 amide bonds. The summed E-state index contributed by atoms with van der Waals surface area (Å²) >= 11 is 2.21. The zero-order chi connectivity index (χ0) is 13.0. The summed E-state index contributed by atoms with van der Waals surface area (Å²) < 4.78 is 1.08. The Balaban J connectivity index is 0.00000180. The highest BCUT2D eigenvalue weighted by Crippen LogP contribution is 2.18. The fraction of sp³-hybridized carbons (Fsp3) is 0.615. The van der Waals surface area contributed by atoms with Gasteiger partial charge in [0.05, 0.1) is 0 Å². The molecular weight excluding hydrogens is 377 g/mol. The number of amides is 1. The minimum Gasteiger partial charge on any atom is -0.356 e. The number of nitrogens with zero attached hydrogens (tertiary/aromatic N) is 1. The predicted molar refractivity (Wildman–Crippen MR) is 87.9 cm³/mol. The van der Waals surface area contributed by atoms with Gasteiger partial charge >= 0.3 is 0 Å². The lowest BCUT2D eigenvalue weighted by molar-refractivity contribution is 0.0685. The SMILES string of the molecule is CCNCC1CCN(C(=O)c2cc(I)c[nH]2)CC1.Cl. The van der Waals surface area contributed by atoms with E-state index in [9.17, 15) is 4.79 Å². The zero-order valence-corrected chi connectivity index (χ0v) is 14.1. The topological polar surface area (TPSA) is 48.1 Å². The minimum absolute atomic E-state index is 0. The Bertz CT molecular complexity index is 402. The van der Waals surface area contributed by atoms with Gasteiger partial charge in [0.2, 0.25) is 0 Å². The summed E-state index contributed by atoms with van der Waals surface area (Å²) in [6.45, 7) is 6.00. The maximum atomic E-state index is 12.2. The molecule has 0 unspecified atom stereocenters. The van der Waals surface area contributed by atoms with Gasteiger partial charge in [-0.1, -0.05) is 6.92 Å². The van der Waals surface area contributed by atoms with Crippen molar-refractivity contribution in [1.29, 1.82) is 0 Å². The van der Waals surface area contributed by atoms with E-state index in [0.29, 0.717) is 5.69 Å². The molecule has 0 spiro atoms. The molecule has 1 aromatic heterocycles. The molecule has 2 heterocycles. The molecule has 0 aliphatic carbocycles. The number of aromatic amines is 1. The fourth-order valence-electron chi connectivity index (χ4n) is 2.35. The van der Waals surface area contributed by atoms with Crippen molar-refractivity contribution in [3.63, 3.8) is 0 Å². The number of likely N-dealkylation sites (tertiary alicyclic amines) is 1. The average Bonchev–Trinajstić information content (AvgIpc) is 2.83. The largest absolute Gasteiger partial charge is 0.356 e. The summed E-state index contributed by atoms with van der Waals surface area (Å²) in [7, 11) is 0. The minimum atomic E-state index is 0. The van der Waals surface area contributed by atoms with Gasteiger partial charge in [-0.2, -0.15) is 0 Å². The molecule has 0 bridgehead atoms. The first-order valence-corrected chi connectivity index (χ1v) is 7.62. The van der Waals surface area contributed by atoms with Gasteiger partial charge in [-0.3, -0.25) is 4.79 Å². The lowest BCUT2D eigenvalue weighted by Crippen LogP contribution is -2.40. The Labute approximate surface area is 134 Å². The second-order valence-electron chi connectivity index (χ2n) is 4.77. The monoisotopic (exact) mass is 397 g/mol. The van der Waals surface area contributed by atoms with Gasteiger partial charge in [-0.05, 0) is 60.5 Å². The maximum absolute atomic E-state index is 12.2. The lowest BCUT2D eigenvalue weighted by Gasteiger charge is -2.31. The van der Waals surface area contributed by atoms with Gasteiger partial charge in [-0.25, -0.2) is 0 Å². The van der Waals surface area contributed by atoms with Crippen LogP contribution in [0.2, 0.25) is 0 Å². The Kier molecular flexibility index (Phi) is 7.17. The molecule has 0 saturated carbocycles. The predicted octanol–water partition coefficient (Wildman–Crippen LogP) is 2.50. The Hall–Kier alpha value is -0.270. The van der Waals surface area contributed by atoms with Crippen LogP contribution in [-0.4, -0.2) is 42.0 Å². The number of piperidine rings is 1. The van der Waals surface area contributed by atoms with Crippen molar-refractivity contribution in [2.75, 3.05) is 26.2 Å². The summed E-state index contributed by atoms with van der Waals surface area (Å²) in [6.07, 6.45) is 4.08. The van der Waals surface area contributed by atoms with Crippen molar-refractivity contribution in [2.24, 2.45) is 5.92 Å². The summed E-state index contributed by atoms with van der Waals surface area (Å²) in [5.74, 6) is 0.859. The van der Waals surface area contributed by atoms with E-state index in [2.05, 4.69) is 39.8 Å². The van der Waals surface area contributed by atoms with Crippen LogP contribution in [0.15, 0.2) is 12.3 Å². The van der Waals surface area contributed by atoms with Gasteiger partial charge < -0.3 is 15.2 Å². The highest BCUT2D eigenvalue weighted by Gasteiger charge is 2.23. The Morgan fingerprint density at radius 3 is 2.74 bits per heavy atom. The second-order valence-corrected chi connectivity index (χ2v) is 6.02. The molecule has 1 fully saturated rings. The van der Waals surface area contributed by atoms with Crippen molar-refractivity contribution < 1.29 is 4.79 Å². The molecule has 1 aromatic rings. The third-order valence-electron chi connectivity index (χ3n) is 3.46. The molecule has 19 heavy (non-hydrogen) atoms. The van der Waals surface area contributed by atoms with Crippen LogP contribution in [0.25, 0.3) is 0 Å². The van der Waals surface area contributed by atoms with E-state index in [1.165, 1.54) is 0 Å². The highest BCUT2D eigenvalue weighted by atomic mass is 127. The number of halogens is 2. The van der Waals surface area contributed by atoms with Crippen LogP contribution < -0.4 is 5.32 Å². The molecule has 108 valence electrons. The van der Waals surface area contributed by atoms with E-state index < -0.39 is 0 Å². The van der Waals surface area contributed by atoms with Gasteiger partial charge in [-0.15, -0.1) is 12.4 Å². The number of aromatic nitrogens is 1. The third-order valence-corrected chi connectivity index (χ3v) is 4.09. The van der Waals surface area contributed by atoms with E-state index in [-0.39, 0.29) is 18.3 Å². The Morgan fingerprint density at radius 2 is 2.21 bits per heavy atom. The first kappa shape index (κ1) is 16.8. The van der Waals surface area contributed by atoms with E-state index in [1.807, 2.05) is 17.2 Å². The number of carbonyl (C=O) groups excluding carboxylic acids is 1. The summed E-state index contributed by atoms with van der Waals surface area (Å²) in [5, 5.41) is 3.39. The van der Waals surface area contributed by atoms with Crippen molar-refractivity contribution in [3.8, 4) is 0 Å². The average molecular weight is 398 g/mol. The first-order valence-electron chi connectivity index (χ1n) is 6.54. The van der Waals surface area contributed by atoms with Crippen LogP contribution in [0.3, 0.4) is 0 Å². The molecule has 1 saturated heterocycles. The molecule has 4 nitrogen and oxygen atoms in total. The number of carbonyl (C=O) groups is 1. The molecule has 6 heteroatoms. The lowest BCUT2D eigenvalue weighted by atomic mass is 9.96. The molecule has 2 rings (SSSR count). The van der Waals surface area contributed by atoms with Crippen LogP contribution in [0.4, 0.5) is 0 Å². The van der Waals surface area contributed by atoms with Crippen LogP contribution in [0.5, 0.6) is 0 Å². The third kappa shape index (κ3) is 4.65. The fourth-order valence-corrected chi connectivity index (χ4v) is 2.82. The molecule has 1 aliphatic heterocycles. The maximum Gasteiger partial charge on any atom is 0.270 e. The van der Waals surface area contributed by atoms with Crippen molar-refractivity contribution in [1.82, 2.24) is 15.2 Å². The van der Waals surface area contributed by atoms with Crippen molar-refractivity contribution in [2.45, 2.75) is 19.8 Å². The number of hydrogen-bond acceptors (Lipinski definition) is 2. The van der Waals surface area contributed by atoms with Crippen LogP contribution in [0, 0.1) is 9.49 Å². The van der Waals surface area contributed by atoms with Crippen LogP contribution in [0.1, 0.15) is 30.3 Å². The molecule has 1 aliphatic rings. The smallest absolute Gasteiger partial charge is 0.270 e. The normalized spacial score (nSPS) is 16.2. The van der Waals surface area contributed by atoms with E-state index in [1.54, 1.807) is 0 Å². The standard InChI is InChI=1S/C13H20IN3O.ClH/c1-2-15-8-10-3-5-17(6-4-10)13(18)12-7-11(14)9-16-12;/h7,9-10,15-16H,2-6,8H2,1H3;1H. The zero-order valence-electron chi connectivity index (χ0n) is 11.1. The summed E-state index contributed by atoms with van der Waals surface area (Å²) in [5.41, 5.74) is 0.713.